The molecule has 23 heavy (non-hydrogen) atoms. The molecule has 3 nitrogen and oxygen atoms in total. The van der Waals surface area contributed by atoms with Crippen LogP contribution in [0.3, 0.4) is 0 Å². The lowest BCUT2D eigenvalue weighted by Crippen LogP contribution is -2.22. The Morgan fingerprint density at radius 1 is 0.870 bits per heavy atom. The normalized spacial score (nSPS) is 10.6. The lowest BCUT2D eigenvalue weighted by Gasteiger charge is -2.11. The summed E-state index contributed by atoms with van der Waals surface area (Å²) in [6.07, 6.45) is 3.25. The molecule has 2 aromatic carbocycles. The molecule has 3 rings (SSSR count). The van der Waals surface area contributed by atoms with Crippen LogP contribution in [0.15, 0.2) is 77.7 Å². The van der Waals surface area contributed by atoms with E-state index in [9.17, 15) is 4.79 Å². The second-order valence-electron chi connectivity index (χ2n) is 5.24. The highest BCUT2D eigenvalue weighted by molar-refractivity contribution is 7.97. The number of hydrogen-bond acceptors (Lipinski definition) is 3. The van der Waals surface area contributed by atoms with Crippen molar-refractivity contribution in [1.29, 1.82) is 0 Å². The smallest absolute Gasteiger partial charge is 0.245 e. The van der Waals surface area contributed by atoms with Crippen molar-refractivity contribution in [1.82, 2.24) is 8.96 Å². The number of rotatable bonds is 6. The van der Waals surface area contributed by atoms with Crippen LogP contribution in [0.4, 0.5) is 0 Å². The maximum atomic E-state index is 12.1. The van der Waals surface area contributed by atoms with Gasteiger partial charge in [0.15, 0.2) is 0 Å². The van der Waals surface area contributed by atoms with Gasteiger partial charge in [-0.25, -0.2) is 13.8 Å². The van der Waals surface area contributed by atoms with E-state index in [0.29, 0.717) is 0 Å². The molecule has 0 aliphatic rings. The van der Waals surface area contributed by atoms with Crippen LogP contribution in [0.1, 0.15) is 16.8 Å². The predicted octanol–water partition coefficient (Wildman–Crippen LogP) is 3.57. The van der Waals surface area contributed by atoms with Crippen LogP contribution in [0.25, 0.3) is 0 Å². The van der Waals surface area contributed by atoms with E-state index in [-0.39, 0.29) is 5.69 Å². The highest BCUT2D eigenvalue weighted by Crippen LogP contribution is 2.14. The number of aryl methyl sites for hydroxylation is 1. The van der Waals surface area contributed by atoms with Gasteiger partial charge in [0.1, 0.15) is 0 Å². The Morgan fingerprint density at radius 3 is 2.22 bits per heavy atom. The lowest BCUT2D eigenvalue weighted by atomic mass is 10.1. The molecular formula is C19H18N2OS. The second-order valence-corrected chi connectivity index (χ2v) is 6.28. The van der Waals surface area contributed by atoms with E-state index >= 15 is 0 Å². The Balaban J connectivity index is 1.72. The van der Waals surface area contributed by atoms with Crippen molar-refractivity contribution in [2.45, 2.75) is 12.8 Å². The summed E-state index contributed by atoms with van der Waals surface area (Å²) in [6.45, 7) is 0. The van der Waals surface area contributed by atoms with Gasteiger partial charge < -0.3 is 0 Å². The van der Waals surface area contributed by atoms with E-state index in [1.807, 2.05) is 42.5 Å². The van der Waals surface area contributed by atoms with Crippen molar-refractivity contribution in [3.8, 4) is 0 Å². The van der Waals surface area contributed by atoms with Gasteiger partial charge in [0, 0.05) is 24.1 Å². The van der Waals surface area contributed by atoms with Gasteiger partial charge in [0.25, 0.3) is 0 Å². The van der Waals surface area contributed by atoms with Crippen LogP contribution in [-0.2, 0) is 12.8 Å². The molecular weight excluding hydrogens is 304 g/mol. The van der Waals surface area contributed by atoms with E-state index in [2.05, 4.69) is 29.2 Å². The molecule has 0 N–H and O–H groups in total. The first-order valence-corrected chi connectivity index (χ1v) is 8.55. The Morgan fingerprint density at radius 2 is 1.52 bits per heavy atom. The van der Waals surface area contributed by atoms with E-state index in [0.717, 1.165) is 24.3 Å². The van der Waals surface area contributed by atoms with Gasteiger partial charge >= 0.3 is 5.69 Å². The summed E-state index contributed by atoms with van der Waals surface area (Å²) in [6, 6.07) is 22.4. The second kappa shape index (κ2) is 7.79. The molecule has 0 aliphatic heterocycles. The van der Waals surface area contributed by atoms with Crippen LogP contribution in [-0.4, -0.2) is 14.7 Å². The van der Waals surface area contributed by atoms with E-state index < -0.39 is 0 Å². The molecule has 0 bridgehead atoms. The molecule has 3 aromatic rings. The molecule has 0 amide bonds. The topological polar surface area (TPSA) is 34.9 Å². The van der Waals surface area contributed by atoms with Gasteiger partial charge in [-0.1, -0.05) is 60.7 Å². The zero-order valence-corrected chi connectivity index (χ0v) is 13.6. The van der Waals surface area contributed by atoms with Crippen molar-refractivity contribution in [3.05, 3.63) is 100 Å². The third-order valence-corrected chi connectivity index (χ3v) is 4.60. The quantitative estimate of drug-likeness (QED) is 0.696. The summed E-state index contributed by atoms with van der Waals surface area (Å²) in [4.78, 5) is 16.0. The number of hydrogen-bond donors (Lipinski definition) is 0. The minimum Gasteiger partial charge on any atom is -0.245 e. The Labute approximate surface area is 140 Å². The highest BCUT2D eigenvalue weighted by Gasteiger charge is 2.06. The third kappa shape index (κ3) is 4.33. The van der Waals surface area contributed by atoms with Crippen LogP contribution in [0.5, 0.6) is 0 Å². The fraction of sp³-hybridized carbons (Fsp3) is 0.158. The molecule has 0 unspecified atom stereocenters. The van der Waals surface area contributed by atoms with Crippen LogP contribution in [0.2, 0.25) is 0 Å². The van der Waals surface area contributed by atoms with Crippen molar-refractivity contribution in [2.24, 2.45) is 0 Å². The van der Waals surface area contributed by atoms with Gasteiger partial charge in [-0.15, -0.1) is 0 Å². The fourth-order valence-corrected chi connectivity index (χ4v) is 3.36. The van der Waals surface area contributed by atoms with Crippen LogP contribution in [0, 0.1) is 0 Å². The summed E-state index contributed by atoms with van der Waals surface area (Å²) in [5.74, 6) is 0.845. The first kappa shape index (κ1) is 15.6. The zero-order valence-electron chi connectivity index (χ0n) is 12.8. The van der Waals surface area contributed by atoms with Gasteiger partial charge in [-0.3, -0.25) is 0 Å². The lowest BCUT2D eigenvalue weighted by molar-refractivity contribution is 0.925. The number of nitrogens with zero attached hydrogens (tertiary/aromatic N) is 2. The molecule has 0 aliphatic carbocycles. The Hall–Kier alpha value is -2.33. The predicted molar refractivity (Wildman–Crippen MR) is 95.7 cm³/mol. The van der Waals surface area contributed by atoms with Crippen LogP contribution >= 0.6 is 11.9 Å². The first-order valence-electron chi connectivity index (χ1n) is 7.61. The average molecular weight is 322 g/mol. The first-order chi connectivity index (χ1) is 11.3. The summed E-state index contributed by atoms with van der Waals surface area (Å²) >= 11 is 1.53. The molecule has 0 saturated carbocycles. The van der Waals surface area contributed by atoms with Crippen molar-refractivity contribution in [2.75, 3.05) is 5.75 Å². The average Bonchev–Trinajstić information content (AvgIpc) is 2.59. The molecule has 0 fully saturated rings. The molecule has 1 heterocycles. The highest BCUT2D eigenvalue weighted by atomic mass is 32.2. The summed E-state index contributed by atoms with van der Waals surface area (Å²) < 4.78 is 1.72. The maximum absolute atomic E-state index is 12.1. The van der Waals surface area contributed by atoms with Gasteiger partial charge in [-0.05, 0) is 35.6 Å². The summed E-state index contributed by atoms with van der Waals surface area (Å²) in [5, 5.41) is 0. The fourth-order valence-electron chi connectivity index (χ4n) is 2.40. The van der Waals surface area contributed by atoms with Gasteiger partial charge in [0.2, 0.25) is 0 Å². The van der Waals surface area contributed by atoms with Gasteiger partial charge in [0.05, 0.1) is 0 Å². The molecule has 4 heteroatoms. The molecule has 1 aromatic heterocycles. The molecule has 0 radical (unpaired) electrons. The zero-order chi connectivity index (χ0) is 15.9. The number of benzene rings is 2. The SMILES string of the molecule is O=c1nccc(Cc2ccccc2)n1SCCc1ccccc1. The molecule has 0 atom stereocenters. The van der Waals surface area contributed by atoms with Crippen molar-refractivity contribution < 1.29 is 0 Å². The molecule has 116 valence electrons. The summed E-state index contributed by atoms with van der Waals surface area (Å²) in [7, 11) is 0. The van der Waals surface area contributed by atoms with E-state index in [1.54, 1.807) is 10.2 Å². The monoisotopic (exact) mass is 322 g/mol. The molecule has 0 saturated heterocycles. The standard InChI is InChI=1S/C19H18N2OS/c22-19-20-13-11-18(15-17-9-5-2-6-10-17)21(19)23-14-12-16-7-3-1-4-8-16/h1-11,13H,12,14-15H2. The summed E-state index contributed by atoms with van der Waals surface area (Å²) in [5.41, 5.74) is 3.25. The Bertz CT molecular complexity index is 800. The largest absolute Gasteiger partial charge is 0.357 e. The molecule has 0 spiro atoms. The van der Waals surface area contributed by atoms with Gasteiger partial charge in [-0.2, -0.15) is 0 Å². The number of aromatic nitrogens is 2. The van der Waals surface area contributed by atoms with Crippen LogP contribution < -0.4 is 5.69 Å². The third-order valence-electron chi connectivity index (χ3n) is 3.57. The Kier molecular flexibility index (Phi) is 5.27. The minimum absolute atomic E-state index is 0.198. The minimum atomic E-state index is -0.198. The van der Waals surface area contributed by atoms with Crippen molar-refractivity contribution in [3.63, 3.8) is 0 Å². The van der Waals surface area contributed by atoms with E-state index in [4.69, 9.17) is 0 Å². The van der Waals surface area contributed by atoms with E-state index in [1.165, 1.54) is 23.1 Å². The maximum Gasteiger partial charge on any atom is 0.357 e. The van der Waals surface area contributed by atoms with Crippen molar-refractivity contribution >= 4 is 11.9 Å².